The van der Waals surface area contributed by atoms with Crippen molar-refractivity contribution in [1.82, 2.24) is 19.5 Å². The predicted octanol–water partition coefficient (Wildman–Crippen LogP) is 4.52. The van der Waals surface area contributed by atoms with Gasteiger partial charge in [0.25, 0.3) is 0 Å². The van der Waals surface area contributed by atoms with E-state index in [-0.39, 0.29) is 0 Å². The van der Waals surface area contributed by atoms with Crippen LogP contribution in [0.5, 0.6) is 11.5 Å². The Kier molecular flexibility index (Phi) is 5.85. The molecule has 8 heteroatoms. The van der Waals surface area contributed by atoms with Crippen molar-refractivity contribution in [1.29, 1.82) is 5.26 Å². The first kappa shape index (κ1) is 20.8. The summed E-state index contributed by atoms with van der Waals surface area (Å²) in [4.78, 5) is 17.6. The van der Waals surface area contributed by atoms with Crippen LogP contribution in [0.25, 0.3) is 16.4 Å². The van der Waals surface area contributed by atoms with Crippen LogP contribution in [0, 0.1) is 24.2 Å². The second-order valence-corrected chi connectivity index (χ2v) is 7.82. The van der Waals surface area contributed by atoms with Crippen molar-refractivity contribution in [3.05, 3.63) is 65.1 Å². The summed E-state index contributed by atoms with van der Waals surface area (Å²) in [5, 5.41) is 13.8. The number of carbonyl (C=O) groups is 1. The fraction of sp³-hybridized carbons (Fsp3) is 0.217. The molecule has 156 valence electrons. The molecule has 0 aliphatic carbocycles. The number of nitrogens with zero attached hydrogens (tertiary/aromatic N) is 5. The lowest BCUT2D eigenvalue weighted by Crippen LogP contribution is -2.42. The SMILES string of the molecule is CN1CC(C#N)C1.Cc1c(C=O)cn2nccc(Oc3ccnc4c(Cl)cccc34)c12. The molecule has 3 aromatic heterocycles. The van der Waals surface area contributed by atoms with Gasteiger partial charge in [0.15, 0.2) is 12.0 Å². The highest BCUT2D eigenvalue weighted by Crippen LogP contribution is 2.34. The van der Waals surface area contributed by atoms with Gasteiger partial charge < -0.3 is 9.64 Å². The monoisotopic (exact) mass is 433 g/mol. The minimum absolute atomic E-state index is 0.324. The number of likely N-dealkylation sites (tertiary alicyclic amines) is 1. The highest BCUT2D eigenvalue weighted by atomic mass is 35.5. The zero-order chi connectivity index (χ0) is 22.0. The van der Waals surface area contributed by atoms with Crippen LogP contribution in [0.4, 0.5) is 0 Å². The summed E-state index contributed by atoms with van der Waals surface area (Å²) in [5.74, 6) is 1.58. The van der Waals surface area contributed by atoms with Gasteiger partial charge in [-0.1, -0.05) is 17.7 Å². The van der Waals surface area contributed by atoms with Crippen LogP contribution in [0.3, 0.4) is 0 Å². The number of benzene rings is 1. The molecule has 1 fully saturated rings. The smallest absolute Gasteiger partial charge is 0.155 e. The largest absolute Gasteiger partial charge is 0.454 e. The van der Waals surface area contributed by atoms with Crippen molar-refractivity contribution in [3.8, 4) is 17.6 Å². The lowest BCUT2D eigenvalue weighted by Gasteiger charge is -2.30. The number of para-hydroxylation sites is 1. The van der Waals surface area contributed by atoms with Gasteiger partial charge in [-0.25, -0.2) is 4.52 Å². The van der Waals surface area contributed by atoms with E-state index < -0.39 is 0 Å². The topological polar surface area (TPSA) is 83.5 Å². The minimum Gasteiger partial charge on any atom is -0.454 e. The van der Waals surface area contributed by atoms with Crippen LogP contribution in [-0.2, 0) is 0 Å². The highest BCUT2D eigenvalue weighted by Gasteiger charge is 2.21. The number of ether oxygens (including phenoxy) is 1. The molecule has 1 aliphatic rings. The van der Waals surface area contributed by atoms with Gasteiger partial charge in [0.05, 0.1) is 28.7 Å². The van der Waals surface area contributed by atoms with Gasteiger partial charge in [-0.15, -0.1) is 0 Å². The van der Waals surface area contributed by atoms with Crippen LogP contribution in [0.2, 0.25) is 5.02 Å². The Bertz CT molecular complexity index is 1300. The predicted molar refractivity (Wildman–Crippen MR) is 119 cm³/mol. The lowest BCUT2D eigenvalue weighted by atomic mass is 10.0. The van der Waals surface area contributed by atoms with Crippen molar-refractivity contribution >= 4 is 34.3 Å². The molecule has 0 unspecified atom stereocenters. The Balaban J connectivity index is 0.000000282. The number of carbonyl (C=O) groups excluding carboxylic acids is 1. The number of pyridine rings is 1. The van der Waals surface area contributed by atoms with E-state index in [1.54, 1.807) is 41.3 Å². The van der Waals surface area contributed by atoms with E-state index in [9.17, 15) is 4.79 Å². The molecule has 0 radical (unpaired) electrons. The number of aryl methyl sites for hydroxylation is 1. The second kappa shape index (κ2) is 8.72. The summed E-state index contributed by atoms with van der Waals surface area (Å²) in [6, 6.07) is 11.3. The molecular weight excluding hydrogens is 414 g/mol. The maximum absolute atomic E-state index is 11.2. The molecule has 0 N–H and O–H groups in total. The van der Waals surface area contributed by atoms with E-state index in [1.807, 2.05) is 26.1 Å². The third-order valence-corrected chi connectivity index (χ3v) is 5.51. The Morgan fingerprint density at radius 3 is 2.68 bits per heavy atom. The van der Waals surface area contributed by atoms with Crippen LogP contribution < -0.4 is 4.74 Å². The standard InChI is InChI=1S/C18H12ClN3O2.C5H8N2/c1-11-12(10-23)9-22-18(11)16(6-8-21-22)24-15-5-7-20-17-13(15)3-2-4-14(17)19;1-7-3-5(2-6)4-7/h2-10H,1H3;5H,3-4H2,1H3. The molecule has 4 heterocycles. The molecule has 31 heavy (non-hydrogen) atoms. The Morgan fingerprint density at radius 1 is 1.23 bits per heavy atom. The third kappa shape index (κ3) is 4.08. The molecule has 0 spiro atoms. The maximum atomic E-state index is 11.2. The number of aromatic nitrogens is 3. The number of nitriles is 1. The van der Waals surface area contributed by atoms with Crippen LogP contribution in [-0.4, -0.2) is 45.9 Å². The number of hydrogen-bond donors (Lipinski definition) is 0. The zero-order valence-corrected chi connectivity index (χ0v) is 17.9. The summed E-state index contributed by atoms with van der Waals surface area (Å²) in [5.41, 5.74) is 2.85. The molecule has 0 saturated carbocycles. The number of hydrogen-bond acceptors (Lipinski definition) is 6. The van der Waals surface area contributed by atoms with Crippen LogP contribution >= 0.6 is 11.6 Å². The first-order chi connectivity index (χ1) is 15.0. The summed E-state index contributed by atoms with van der Waals surface area (Å²) >= 11 is 6.20. The average Bonchev–Trinajstić information content (AvgIpc) is 3.09. The van der Waals surface area contributed by atoms with Gasteiger partial charge in [0.1, 0.15) is 11.3 Å². The molecule has 4 aromatic rings. The van der Waals surface area contributed by atoms with E-state index in [2.05, 4.69) is 21.1 Å². The molecule has 7 nitrogen and oxygen atoms in total. The summed E-state index contributed by atoms with van der Waals surface area (Å²) in [6.45, 7) is 3.81. The van der Waals surface area contributed by atoms with Gasteiger partial charge in [-0.2, -0.15) is 10.4 Å². The molecule has 1 aliphatic heterocycles. The Morgan fingerprint density at radius 2 is 2.00 bits per heavy atom. The number of rotatable bonds is 3. The molecular formula is C23H20ClN5O2. The second-order valence-electron chi connectivity index (χ2n) is 7.41. The van der Waals surface area contributed by atoms with Gasteiger partial charge in [-0.3, -0.25) is 9.78 Å². The quantitative estimate of drug-likeness (QED) is 0.442. The normalized spacial score (nSPS) is 13.9. The first-order valence-electron chi connectivity index (χ1n) is 9.73. The van der Waals surface area contributed by atoms with E-state index in [4.69, 9.17) is 21.6 Å². The van der Waals surface area contributed by atoms with Gasteiger partial charge >= 0.3 is 0 Å². The molecule has 0 bridgehead atoms. The fourth-order valence-corrected chi connectivity index (χ4v) is 3.77. The third-order valence-electron chi connectivity index (χ3n) is 5.20. The first-order valence-corrected chi connectivity index (χ1v) is 10.1. The summed E-state index contributed by atoms with van der Waals surface area (Å²) < 4.78 is 7.77. The zero-order valence-electron chi connectivity index (χ0n) is 17.1. The van der Waals surface area contributed by atoms with Gasteiger partial charge in [0, 0.05) is 42.5 Å². The highest BCUT2D eigenvalue weighted by molar-refractivity contribution is 6.35. The van der Waals surface area contributed by atoms with Gasteiger partial charge in [-0.05, 0) is 37.7 Å². The van der Waals surface area contributed by atoms with Crippen molar-refractivity contribution in [3.63, 3.8) is 0 Å². The van der Waals surface area contributed by atoms with E-state index >= 15 is 0 Å². The molecule has 5 rings (SSSR count). The lowest BCUT2D eigenvalue weighted by molar-refractivity contribution is 0.112. The molecule has 0 atom stereocenters. The molecule has 1 saturated heterocycles. The summed E-state index contributed by atoms with van der Waals surface area (Å²) in [6.07, 6.45) is 5.79. The van der Waals surface area contributed by atoms with Gasteiger partial charge in [0.2, 0.25) is 0 Å². The van der Waals surface area contributed by atoms with Crippen LogP contribution in [0.1, 0.15) is 15.9 Å². The van der Waals surface area contributed by atoms with Crippen molar-refractivity contribution in [2.45, 2.75) is 6.92 Å². The fourth-order valence-electron chi connectivity index (χ4n) is 3.55. The molecule has 1 aromatic carbocycles. The number of fused-ring (bicyclic) bond motifs is 2. The Hall–Kier alpha value is -3.47. The van der Waals surface area contributed by atoms with Crippen molar-refractivity contribution in [2.24, 2.45) is 5.92 Å². The average molecular weight is 434 g/mol. The number of aldehydes is 1. The van der Waals surface area contributed by atoms with Crippen molar-refractivity contribution in [2.75, 3.05) is 20.1 Å². The molecule has 0 amide bonds. The van der Waals surface area contributed by atoms with E-state index in [1.165, 1.54) is 0 Å². The minimum atomic E-state index is 0.324. The number of halogens is 1. The van der Waals surface area contributed by atoms with Crippen molar-refractivity contribution < 1.29 is 9.53 Å². The van der Waals surface area contributed by atoms with E-state index in [0.717, 1.165) is 35.8 Å². The maximum Gasteiger partial charge on any atom is 0.155 e. The van der Waals surface area contributed by atoms with E-state index in [0.29, 0.717) is 33.5 Å². The summed E-state index contributed by atoms with van der Waals surface area (Å²) in [7, 11) is 2.02. The Labute approximate surface area is 184 Å². The van der Waals surface area contributed by atoms with Crippen LogP contribution in [0.15, 0.2) is 48.9 Å².